The molecule has 1 spiro atoms. The van der Waals surface area contributed by atoms with Crippen molar-refractivity contribution in [1.29, 1.82) is 0 Å². The molecule has 1 aromatic carbocycles. The van der Waals surface area contributed by atoms with Gasteiger partial charge in [-0.15, -0.1) is 0 Å². The number of carbonyl (C=O) groups is 4. The summed E-state index contributed by atoms with van der Waals surface area (Å²) in [5, 5.41) is 2.22. The van der Waals surface area contributed by atoms with E-state index in [4.69, 9.17) is 5.73 Å². The number of anilines is 1. The van der Waals surface area contributed by atoms with Crippen molar-refractivity contribution in [2.24, 2.45) is 17.1 Å². The fraction of sp³-hybridized carbons (Fsp3) is 0.524. The average molecular weight is 396 g/mol. The molecule has 2 unspecified atom stereocenters. The zero-order chi connectivity index (χ0) is 20.3. The fourth-order valence-electron chi connectivity index (χ4n) is 5.41. The molecular formula is C21H24N4O4. The van der Waals surface area contributed by atoms with Crippen molar-refractivity contribution in [2.45, 2.75) is 38.1 Å². The van der Waals surface area contributed by atoms with Crippen LogP contribution in [0.3, 0.4) is 0 Å². The molecule has 8 heteroatoms. The number of fused-ring (bicyclic) bond motifs is 1. The van der Waals surface area contributed by atoms with E-state index in [9.17, 15) is 19.2 Å². The smallest absolute Gasteiger partial charge is 0.262 e. The van der Waals surface area contributed by atoms with E-state index in [0.29, 0.717) is 23.6 Å². The van der Waals surface area contributed by atoms with Crippen LogP contribution in [-0.2, 0) is 9.59 Å². The molecule has 1 aromatic rings. The first kappa shape index (κ1) is 18.3. The van der Waals surface area contributed by atoms with Crippen molar-refractivity contribution in [3.63, 3.8) is 0 Å². The minimum atomic E-state index is -0.935. The first-order valence-corrected chi connectivity index (χ1v) is 10.2. The number of hydrogen-bond acceptors (Lipinski definition) is 6. The Kier molecular flexibility index (Phi) is 4.03. The summed E-state index contributed by atoms with van der Waals surface area (Å²) >= 11 is 0. The molecule has 3 aliphatic heterocycles. The number of benzene rings is 1. The van der Waals surface area contributed by atoms with Crippen molar-refractivity contribution in [1.82, 2.24) is 10.2 Å². The first-order valence-electron chi connectivity index (χ1n) is 10.2. The van der Waals surface area contributed by atoms with Crippen LogP contribution in [0, 0.1) is 11.3 Å². The monoisotopic (exact) mass is 396 g/mol. The van der Waals surface area contributed by atoms with Gasteiger partial charge in [0, 0.05) is 25.2 Å². The Bertz CT molecular complexity index is 939. The molecule has 5 rings (SSSR count). The van der Waals surface area contributed by atoms with E-state index in [1.807, 2.05) is 6.07 Å². The maximum absolute atomic E-state index is 13.0. The number of nitrogens with zero attached hydrogens (tertiary/aromatic N) is 2. The van der Waals surface area contributed by atoms with Crippen LogP contribution in [0.2, 0.25) is 0 Å². The van der Waals surface area contributed by atoms with Gasteiger partial charge in [-0.25, -0.2) is 0 Å². The van der Waals surface area contributed by atoms with Crippen molar-refractivity contribution in [3.8, 4) is 0 Å². The van der Waals surface area contributed by atoms with Gasteiger partial charge in [0.25, 0.3) is 11.8 Å². The SMILES string of the molecule is NCC1CN(c2ccc3c(c2)C(=O)N(C2CCC(=O)NC2=O)C3=O)CC12CCC2. The van der Waals surface area contributed by atoms with E-state index in [1.165, 1.54) is 19.3 Å². The van der Waals surface area contributed by atoms with E-state index in [1.54, 1.807) is 12.1 Å². The Morgan fingerprint density at radius 2 is 1.86 bits per heavy atom. The minimum Gasteiger partial charge on any atom is -0.371 e. The second-order valence-corrected chi connectivity index (χ2v) is 8.71. The van der Waals surface area contributed by atoms with Gasteiger partial charge in [-0.2, -0.15) is 0 Å². The summed E-state index contributed by atoms with van der Waals surface area (Å²) in [6.07, 6.45) is 3.90. The molecule has 8 nitrogen and oxygen atoms in total. The highest BCUT2D eigenvalue weighted by molar-refractivity contribution is 6.23. The zero-order valence-corrected chi connectivity index (χ0v) is 16.1. The van der Waals surface area contributed by atoms with E-state index in [-0.39, 0.29) is 24.2 Å². The zero-order valence-electron chi connectivity index (χ0n) is 16.1. The lowest BCUT2D eigenvalue weighted by atomic mass is 9.63. The van der Waals surface area contributed by atoms with Crippen molar-refractivity contribution in [3.05, 3.63) is 29.3 Å². The Morgan fingerprint density at radius 3 is 2.48 bits per heavy atom. The van der Waals surface area contributed by atoms with E-state index in [0.717, 1.165) is 23.7 Å². The molecule has 1 saturated carbocycles. The van der Waals surface area contributed by atoms with Gasteiger partial charge in [0.05, 0.1) is 11.1 Å². The summed E-state index contributed by atoms with van der Waals surface area (Å²) in [7, 11) is 0. The normalized spacial score (nSPS) is 28.0. The first-order chi connectivity index (χ1) is 13.9. The Hall–Kier alpha value is -2.74. The number of nitrogens with one attached hydrogen (secondary N) is 1. The lowest BCUT2D eigenvalue weighted by Crippen LogP contribution is -2.54. The third-order valence-electron chi connectivity index (χ3n) is 7.23. The average Bonchev–Trinajstić information content (AvgIpc) is 3.19. The molecule has 29 heavy (non-hydrogen) atoms. The van der Waals surface area contributed by atoms with Crippen LogP contribution in [0.1, 0.15) is 52.8 Å². The van der Waals surface area contributed by atoms with Gasteiger partial charge in [0.15, 0.2) is 0 Å². The van der Waals surface area contributed by atoms with Crippen LogP contribution in [0.4, 0.5) is 5.69 Å². The summed E-state index contributed by atoms with van der Waals surface area (Å²) in [4.78, 5) is 52.7. The highest BCUT2D eigenvalue weighted by atomic mass is 16.2. The van der Waals surface area contributed by atoms with Crippen LogP contribution in [0.15, 0.2) is 18.2 Å². The van der Waals surface area contributed by atoms with Gasteiger partial charge in [-0.1, -0.05) is 6.42 Å². The number of piperidine rings is 1. The fourth-order valence-corrected chi connectivity index (χ4v) is 5.41. The summed E-state index contributed by atoms with van der Waals surface area (Å²) < 4.78 is 0. The van der Waals surface area contributed by atoms with Gasteiger partial charge in [-0.05, 0) is 55.3 Å². The number of imide groups is 2. The number of amides is 4. The molecule has 1 aliphatic carbocycles. The van der Waals surface area contributed by atoms with Crippen molar-refractivity contribution in [2.75, 3.05) is 24.5 Å². The molecule has 0 aromatic heterocycles. The molecule has 4 amide bonds. The predicted molar refractivity (Wildman–Crippen MR) is 104 cm³/mol. The van der Waals surface area contributed by atoms with E-state index in [2.05, 4.69) is 10.2 Å². The molecule has 4 aliphatic rings. The number of carbonyl (C=O) groups excluding carboxylic acids is 4. The highest BCUT2D eigenvalue weighted by Crippen LogP contribution is 2.52. The number of nitrogens with two attached hydrogens (primary N) is 1. The van der Waals surface area contributed by atoms with Crippen LogP contribution in [0.25, 0.3) is 0 Å². The molecule has 3 N–H and O–H groups in total. The number of rotatable bonds is 3. The van der Waals surface area contributed by atoms with Crippen molar-refractivity contribution < 1.29 is 19.2 Å². The maximum atomic E-state index is 13.0. The lowest BCUT2D eigenvalue weighted by molar-refractivity contribution is -0.136. The molecule has 2 saturated heterocycles. The molecule has 0 radical (unpaired) electrons. The summed E-state index contributed by atoms with van der Waals surface area (Å²) in [6.45, 7) is 2.43. The maximum Gasteiger partial charge on any atom is 0.262 e. The van der Waals surface area contributed by atoms with Gasteiger partial charge < -0.3 is 10.6 Å². The van der Waals surface area contributed by atoms with Gasteiger partial charge in [-0.3, -0.25) is 29.4 Å². The summed E-state index contributed by atoms with van der Waals surface area (Å²) in [5.74, 6) is -1.45. The number of hydrogen-bond donors (Lipinski definition) is 2. The molecule has 0 bridgehead atoms. The molecule has 3 fully saturated rings. The molecule has 3 heterocycles. The largest absolute Gasteiger partial charge is 0.371 e. The minimum absolute atomic E-state index is 0.116. The van der Waals surface area contributed by atoms with Gasteiger partial charge in [0.1, 0.15) is 6.04 Å². The van der Waals surface area contributed by atoms with Crippen molar-refractivity contribution >= 4 is 29.3 Å². The van der Waals surface area contributed by atoms with Crippen LogP contribution >= 0.6 is 0 Å². The predicted octanol–water partition coefficient (Wildman–Crippen LogP) is 0.653. The van der Waals surface area contributed by atoms with E-state index >= 15 is 0 Å². The Balaban J connectivity index is 1.42. The second kappa shape index (κ2) is 6.38. The van der Waals surface area contributed by atoms with E-state index < -0.39 is 23.8 Å². The third-order valence-corrected chi connectivity index (χ3v) is 7.23. The molecular weight excluding hydrogens is 372 g/mol. The standard InChI is InChI=1S/C21H24N4O4/c22-9-12-10-24(11-21(12)6-1-7-21)13-2-3-14-15(8-13)20(29)25(19(14)28)16-4-5-17(26)23-18(16)27/h2-3,8,12,16H,1,4-7,9-11,22H2,(H,23,26,27). The van der Waals surface area contributed by atoms with Gasteiger partial charge >= 0.3 is 0 Å². The third kappa shape index (κ3) is 2.62. The summed E-state index contributed by atoms with van der Waals surface area (Å²) in [5.41, 5.74) is 7.86. The Labute approximate surface area is 168 Å². The topological polar surface area (TPSA) is 113 Å². The summed E-state index contributed by atoms with van der Waals surface area (Å²) in [6, 6.07) is 4.39. The van der Waals surface area contributed by atoms with Crippen LogP contribution in [0.5, 0.6) is 0 Å². The lowest BCUT2D eigenvalue weighted by Gasteiger charge is -2.42. The Morgan fingerprint density at radius 1 is 1.10 bits per heavy atom. The quantitative estimate of drug-likeness (QED) is 0.726. The van der Waals surface area contributed by atoms with Gasteiger partial charge in [0.2, 0.25) is 11.8 Å². The molecule has 2 atom stereocenters. The van der Waals surface area contributed by atoms with Crippen LogP contribution in [-0.4, -0.2) is 54.2 Å². The highest BCUT2D eigenvalue weighted by Gasteiger charge is 2.50. The second-order valence-electron chi connectivity index (χ2n) is 8.71. The van der Waals surface area contributed by atoms with Crippen LogP contribution < -0.4 is 16.0 Å². The molecule has 152 valence electrons.